The molecule has 0 radical (unpaired) electrons. The zero-order valence-electron chi connectivity index (χ0n) is 7.48. The van der Waals surface area contributed by atoms with E-state index in [-0.39, 0.29) is 11.3 Å². The molecule has 1 aromatic heterocycles. The smallest absolute Gasteiger partial charge is 0.336 e. The first-order valence-electron chi connectivity index (χ1n) is 4.02. The van der Waals surface area contributed by atoms with Crippen LogP contribution in [0.3, 0.4) is 0 Å². The molecule has 0 spiro atoms. The van der Waals surface area contributed by atoms with E-state index in [1.807, 2.05) is 0 Å². The van der Waals surface area contributed by atoms with Gasteiger partial charge in [-0.1, -0.05) is 0 Å². The molecule has 2 aromatic rings. The van der Waals surface area contributed by atoms with Crippen molar-refractivity contribution in [1.82, 2.24) is 0 Å². The lowest BCUT2D eigenvalue weighted by molar-refractivity contribution is 0.404. The fraction of sp³-hybridized carbons (Fsp3) is 0.100. The minimum atomic E-state index is -0.471. The second-order valence-electron chi connectivity index (χ2n) is 2.78. The van der Waals surface area contributed by atoms with Crippen molar-refractivity contribution in [2.24, 2.45) is 0 Å². The van der Waals surface area contributed by atoms with Crippen LogP contribution >= 0.6 is 0 Å². The summed E-state index contributed by atoms with van der Waals surface area (Å²) in [7, 11) is 1.47. The Labute approximate surface area is 79.4 Å². The Hall–Kier alpha value is -1.97. The van der Waals surface area contributed by atoms with Crippen LogP contribution in [0.15, 0.2) is 33.5 Å². The Morgan fingerprint density at radius 1 is 1.29 bits per heavy atom. The summed E-state index contributed by atoms with van der Waals surface area (Å²) in [6.07, 6.45) is 0. The fourth-order valence-corrected chi connectivity index (χ4v) is 1.28. The number of rotatable bonds is 1. The number of fused-ring (bicyclic) bond motifs is 1. The number of benzene rings is 1. The van der Waals surface area contributed by atoms with Gasteiger partial charge in [0.15, 0.2) is 11.3 Å². The van der Waals surface area contributed by atoms with E-state index in [1.54, 1.807) is 6.07 Å². The summed E-state index contributed by atoms with van der Waals surface area (Å²) < 4.78 is 9.92. The summed E-state index contributed by atoms with van der Waals surface area (Å²) in [5, 5.41) is 9.93. The van der Waals surface area contributed by atoms with Gasteiger partial charge in [0.1, 0.15) is 5.75 Å². The maximum atomic E-state index is 11.0. The highest BCUT2D eigenvalue weighted by molar-refractivity contribution is 5.87. The molecule has 0 fully saturated rings. The molecule has 4 nitrogen and oxygen atoms in total. The lowest BCUT2D eigenvalue weighted by Gasteiger charge is -2.04. The molecule has 0 aliphatic rings. The summed E-state index contributed by atoms with van der Waals surface area (Å²) in [5.41, 5.74) is -0.207. The molecule has 0 unspecified atom stereocenters. The second-order valence-corrected chi connectivity index (χ2v) is 2.78. The molecule has 0 aliphatic carbocycles. The number of phenols is 1. The van der Waals surface area contributed by atoms with Gasteiger partial charge in [0.25, 0.3) is 0 Å². The first-order valence-corrected chi connectivity index (χ1v) is 4.02. The van der Waals surface area contributed by atoms with Crippen molar-refractivity contribution in [1.29, 1.82) is 0 Å². The third kappa shape index (κ3) is 1.21. The van der Waals surface area contributed by atoms with Gasteiger partial charge in [-0.15, -0.1) is 0 Å². The minimum Gasteiger partial charge on any atom is -0.507 e. The number of hydrogen-bond donors (Lipinski definition) is 1. The van der Waals surface area contributed by atoms with Gasteiger partial charge in [-0.2, -0.15) is 0 Å². The third-order valence-corrected chi connectivity index (χ3v) is 1.95. The summed E-state index contributed by atoms with van der Waals surface area (Å²) >= 11 is 0. The normalized spacial score (nSPS) is 10.4. The van der Waals surface area contributed by atoms with E-state index in [2.05, 4.69) is 0 Å². The van der Waals surface area contributed by atoms with E-state index in [9.17, 15) is 9.90 Å². The fourth-order valence-electron chi connectivity index (χ4n) is 1.28. The van der Waals surface area contributed by atoms with E-state index < -0.39 is 5.63 Å². The van der Waals surface area contributed by atoms with Gasteiger partial charge >= 0.3 is 5.63 Å². The zero-order valence-corrected chi connectivity index (χ0v) is 7.48. The monoisotopic (exact) mass is 192 g/mol. The molecule has 0 aliphatic heterocycles. The lowest BCUT2D eigenvalue weighted by atomic mass is 10.2. The second kappa shape index (κ2) is 3.06. The predicted molar refractivity (Wildman–Crippen MR) is 50.7 cm³/mol. The first-order chi connectivity index (χ1) is 6.72. The largest absolute Gasteiger partial charge is 0.507 e. The Balaban J connectivity index is 2.92. The average molecular weight is 192 g/mol. The van der Waals surface area contributed by atoms with Crippen LogP contribution < -0.4 is 10.4 Å². The Morgan fingerprint density at radius 3 is 2.79 bits per heavy atom. The van der Waals surface area contributed by atoms with Crippen molar-refractivity contribution < 1.29 is 14.3 Å². The first kappa shape index (κ1) is 8.62. The molecule has 0 saturated carbocycles. The summed E-state index contributed by atoms with van der Waals surface area (Å²) in [6.45, 7) is 0. The van der Waals surface area contributed by atoms with Crippen LogP contribution in [0.25, 0.3) is 11.0 Å². The molecule has 1 N–H and O–H groups in total. The molecule has 0 atom stereocenters. The quantitative estimate of drug-likeness (QED) is 0.695. The highest BCUT2D eigenvalue weighted by Crippen LogP contribution is 2.30. The van der Waals surface area contributed by atoms with E-state index in [1.165, 1.54) is 25.3 Å². The number of phenolic OH excluding ortho intramolecular Hbond substituents is 1. The molecular formula is C10H8O4. The van der Waals surface area contributed by atoms with Gasteiger partial charge in [-0.25, -0.2) is 4.79 Å². The van der Waals surface area contributed by atoms with Crippen LogP contribution in [0.4, 0.5) is 0 Å². The SMILES string of the molecule is COc1ccc(O)c2ccc(=O)oc12. The summed E-state index contributed by atoms with van der Waals surface area (Å²) in [6, 6.07) is 5.78. The van der Waals surface area contributed by atoms with Gasteiger partial charge in [0.2, 0.25) is 0 Å². The van der Waals surface area contributed by atoms with Gasteiger partial charge in [-0.3, -0.25) is 0 Å². The Morgan fingerprint density at radius 2 is 2.07 bits per heavy atom. The van der Waals surface area contributed by atoms with Crippen molar-refractivity contribution in [3.8, 4) is 11.5 Å². The number of ether oxygens (including phenoxy) is 1. The highest BCUT2D eigenvalue weighted by atomic mass is 16.5. The maximum absolute atomic E-state index is 11.0. The standard InChI is InChI=1S/C10H8O4/c1-13-8-4-3-7(11)6-2-5-9(12)14-10(6)8/h2-5,11H,1H3. The highest BCUT2D eigenvalue weighted by Gasteiger charge is 2.07. The Kier molecular flexibility index (Phi) is 1.89. The van der Waals surface area contributed by atoms with E-state index >= 15 is 0 Å². The molecule has 14 heavy (non-hydrogen) atoms. The van der Waals surface area contributed by atoms with Crippen LogP contribution in [0, 0.1) is 0 Å². The van der Waals surface area contributed by atoms with Crippen molar-refractivity contribution in [2.75, 3.05) is 7.11 Å². The van der Waals surface area contributed by atoms with Gasteiger partial charge in [-0.05, 0) is 18.2 Å². The van der Waals surface area contributed by atoms with Crippen LogP contribution in [0.1, 0.15) is 0 Å². The average Bonchev–Trinajstić information content (AvgIpc) is 2.18. The van der Waals surface area contributed by atoms with Gasteiger partial charge in [0.05, 0.1) is 12.5 Å². The zero-order chi connectivity index (χ0) is 10.1. The molecule has 0 saturated heterocycles. The van der Waals surface area contributed by atoms with E-state index in [4.69, 9.17) is 9.15 Å². The Bertz CT molecular complexity index is 527. The molecule has 4 heteroatoms. The van der Waals surface area contributed by atoms with Crippen molar-refractivity contribution in [2.45, 2.75) is 0 Å². The van der Waals surface area contributed by atoms with Crippen LogP contribution in [-0.2, 0) is 0 Å². The minimum absolute atomic E-state index is 0.0598. The van der Waals surface area contributed by atoms with Crippen molar-refractivity contribution in [3.05, 3.63) is 34.7 Å². The topological polar surface area (TPSA) is 59.7 Å². The van der Waals surface area contributed by atoms with E-state index in [0.717, 1.165) is 0 Å². The number of aromatic hydroxyl groups is 1. The predicted octanol–water partition coefficient (Wildman–Crippen LogP) is 1.51. The number of hydrogen-bond acceptors (Lipinski definition) is 4. The molecule has 1 aromatic carbocycles. The van der Waals surface area contributed by atoms with Gasteiger partial charge in [0, 0.05) is 6.07 Å². The van der Waals surface area contributed by atoms with Crippen LogP contribution in [0.5, 0.6) is 11.5 Å². The third-order valence-electron chi connectivity index (χ3n) is 1.95. The summed E-state index contributed by atoms with van der Waals surface area (Å²) in [5.74, 6) is 0.486. The van der Waals surface area contributed by atoms with Crippen LogP contribution in [0.2, 0.25) is 0 Å². The van der Waals surface area contributed by atoms with Crippen molar-refractivity contribution in [3.63, 3.8) is 0 Å². The molecule has 0 bridgehead atoms. The molecule has 1 heterocycles. The lowest BCUT2D eigenvalue weighted by Crippen LogP contribution is -1.96. The van der Waals surface area contributed by atoms with Crippen molar-refractivity contribution >= 4 is 11.0 Å². The van der Waals surface area contributed by atoms with Crippen LogP contribution in [-0.4, -0.2) is 12.2 Å². The maximum Gasteiger partial charge on any atom is 0.336 e. The molecule has 72 valence electrons. The molecule has 0 amide bonds. The summed E-state index contributed by atoms with van der Waals surface area (Å²) in [4.78, 5) is 11.0. The molecule has 2 rings (SSSR count). The molecular weight excluding hydrogens is 184 g/mol. The number of methoxy groups -OCH3 is 1. The van der Waals surface area contributed by atoms with Gasteiger partial charge < -0.3 is 14.3 Å². The van der Waals surface area contributed by atoms with E-state index in [0.29, 0.717) is 11.1 Å².